The summed E-state index contributed by atoms with van der Waals surface area (Å²) in [7, 11) is 0. The average Bonchev–Trinajstić information content (AvgIpc) is 2.42. The molecule has 70 valence electrons. The molecule has 1 aliphatic heterocycles. The Hall–Kier alpha value is -1.55. The van der Waals surface area contributed by atoms with Gasteiger partial charge >= 0.3 is 0 Å². The first-order valence-corrected chi connectivity index (χ1v) is 4.03. The van der Waals surface area contributed by atoms with Gasteiger partial charge in [-0.3, -0.25) is 4.79 Å². The zero-order valence-corrected chi connectivity index (χ0v) is 7.16. The molecule has 13 heavy (non-hydrogen) atoms. The van der Waals surface area contributed by atoms with Gasteiger partial charge in [-0.2, -0.15) is 0 Å². The molecule has 1 aliphatic rings. The molecule has 0 saturated carbocycles. The normalized spacial score (nSPS) is 14.4. The van der Waals surface area contributed by atoms with Gasteiger partial charge in [0.1, 0.15) is 5.70 Å². The third-order valence-corrected chi connectivity index (χ3v) is 1.46. The first-order valence-electron chi connectivity index (χ1n) is 4.03. The Morgan fingerprint density at radius 2 is 2.31 bits per heavy atom. The maximum Gasteiger partial charge on any atom is 0.267 e. The molecule has 0 spiro atoms. The Labute approximate surface area is 76.6 Å². The molecule has 0 aromatic heterocycles. The van der Waals surface area contributed by atoms with Crippen LogP contribution in [0.15, 0.2) is 36.2 Å². The smallest absolute Gasteiger partial charge is 0.267 e. The van der Waals surface area contributed by atoms with E-state index in [0.717, 1.165) is 0 Å². The molecule has 1 amide bonds. The quantitative estimate of drug-likeness (QED) is 0.556. The molecular formula is C9H12N2O2. The van der Waals surface area contributed by atoms with Crippen molar-refractivity contribution >= 4 is 5.91 Å². The highest BCUT2D eigenvalue weighted by Gasteiger charge is 2.05. The van der Waals surface area contributed by atoms with E-state index in [9.17, 15) is 4.79 Å². The van der Waals surface area contributed by atoms with E-state index in [1.165, 1.54) is 0 Å². The fourth-order valence-electron chi connectivity index (χ4n) is 0.863. The van der Waals surface area contributed by atoms with Crippen LogP contribution >= 0.6 is 0 Å². The number of hydrogen-bond acceptors (Lipinski definition) is 3. The molecule has 0 radical (unpaired) electrons. The van der Waals surface area contributed by atoms with E-state index >= 15 is 0 Å². The van der Waals surface area contributed by atoms with Crippen LogP contribution in [0.5, 0.6) is 0 Å². The van der Waals surface area contributed by atoms with Gasteiger partial charge in [0.25, 0.3) is 5.91 Å². The maximum atomic E-state index is 11.3. The van der Waals surface area contributed by atoms with Crippen LogP contribution in [0.4, 0.5) is 0 Å². The Morgan fingerprint density at radius 3 is 3.08 bits per heavy atom. The van der Waals surface area contributed by atoms with Crippen LogP contribution in [0, 0.1) is 0 Å². The number of nitrogens with one attached hydrogen (secondary N) is 2. The Bertz CT molecular complexity index is 267. The monoisotopic (exact) mass is 180 g/mol. The molecule has 0 saturated heterocycles. The molecule has 0 atom stereocenters. The van der Waals surface area contributed by atoms with Gasteiger partial charge in [0, 0.05) is 12.7 Å². The fourth-order valence-corrected chi connectivity index (χ4v) is 0.863. The Kier molecular flexibility index (Phi) is 3.78. The zero-order valence-electron chi connectivity index (χ0n) is 7.16. The third-order valence-electron chi connectivity index (χ3n) is 1.46. The highest BCUT2D eigenvalue weighted by molar-refractivity contribution is 5.93. The van der Waals surface area contributed by atoms with Gasteiger partial charge in [-0.25, -0.2) is 0 Å². The topological polar surface area (TPSA) is 61.4 Å². The largest absolute Gasteiger partial charge is 0.395 e. The number of aliphatic hydroxyl groups is 1. The van der Waals surface area contributed by atoms with Crippen molar-refractivity contribution in [3.8, 4) is 0 Å². The van der Waals surface area contributed by atoms with Crippen LogP contribution in [-0.4, -0.2) is 24.2 Å². The van der Waals surface area contributed by atoms with Gasteiger partial charge in [0.05, 0.1) is 6.61 Å². The summed E-state index contributed by atoms with van der Waals surface area (Å²) < 4.78 is 0. The van der Waals surface area contributed by atoms with Crippen molar-refractivity contribution in [2.75, 3.05) is 13.2 Å². The van der Waals surface area contributed by atoms with Gasteiger partial charge in [-0.1, -0.05) is 12.2 Å². The standard InChI is InChI=1S/C9H12N2O2/c12-7-6-11-9(13)8-4-2-1-3-5-10-8/h1-5,10,12H,6-7H2,(H,11,13). The van der Waals surface area contributed by atoms with E-state index in [4.69, 9.17) is 5.11 Å². The predicted molar refractivity (Wildman–Crippen MR) is 49.6 cm³/mol. The molecule has 0 fully saturated rings. The molecular weight excluding hydrogens is 168 g/mol. The summed E-state index contributed by atoms with van der Waals surface area (Å²) in [4.78, 5) is 11.3. The second-order valence-corrected chi connectivity index (χ2v) is 2.45. The molecule has 0 unspecified atom stereocenters. The summed E-state index contributed by atoms with van der Waals surface area (Å²) in [6, 6.07) is 0. The molecule has 0 aliphatic carbocycles. The maximum absolute atomic E-state index is 11.3. The summed E-state index contributed by atoms with van der Waals surface area (Å²) in [5, 5.41) is 13.8. The highest BCUT2D eigenvalue weighted by Crippen LogP contribution is 1.95. The highest BCUT2D eigenvalue weighted by atomic mass is 16.3. The molecule has 4 nitrogen and oxygen atoms in total. The minimum Gasteiger partial charge on any atom is -0.395 e. The van der Waals surface area contributed by atoms with E-state index in [1.54, 1.807) is 24.4 Å². The molecule has 0 aromatic carbocycles. The number of allylic oxidation sites excluding steroid dienone is 4. The Balaban J connectivity index is 2.50. The van der Waals surface area contributed by atoms with E-state index in [-0.39, 0.29) is 19.1 Å². The van der Waals surface area contributed by atoms with Crippen molar-refractivity contribution in [2.45, 2.75) is 0 Å². The molecule has 4 heteroatoms. The van der Waals surface area contributed by atoms with Gasteiger partial charge in [-0.05, 0) is 12.2 Å². The summed E-state index contributed by atoms with van der Waals surface area (Å²) in [6.45, 7) is 0.218. The first kappa shape index (κ1) is 9.54. The summed E-state index contributed by atoms with van der Waals surface area (Å²) in [5.41, 5.74) is 0.471. The number of carbonyl (C=O) groups excluding carboxylic acids is 1. The second-order valence-electron chi connectivity index (χ2n) is 2.45. The van der Waals surface area contributed by atoms with Crippen LogP contribution in [0.25, 0.3) is 0 Å². The molecule has 0 aromatic rings. The van der Waals surface area contributed by atoms with Crippen molar-refractivity contribution in [3.05, 3.63) is 36.2 Å². The van der Waals surface area contributed by atoms with E-state index < -0.39 is 0 Å². The predicted octanol–water partition coefficient (Wildman–Crippen LogP) is -0.348. The van der Waals surface area contributed by atoms with Crippen molar-refractivity contribution in [3.63, 3.8) is 0 Å². The van der Waals surface area contributed by atoms with Gasteiger partial charge in [-0.15, -0.1) is 0 Å². The summed E-state index contributed by atoms with van der Waals surface area (Å²) in [6.07, 6.45) is 8.73. The molecule has 1 heterocycles. The van der Waals surface area contributed by atoms with Gasteiger partial charge in [0.2, 0.25) is 0 Å². The van der Waals surface area contributed by atoms with Crippen LogP contribution in [0.2, 0.25) is 0 Å². The lowest BCUT2D eigenvalue weighted by molar-refractivity contribution is -0.117. The minimum atomic E-state index is -0.217. The molecule has 1 rings (SSSR count). The van der Waals surface area contributed by atoms with Crippen LogP contribution in [-0.2, 0) is 4.79 Å². The molecule has 0 bridgehead atoms. The van der Waals surface area contributed by atoms with Crippen LogP contribution in [0.3, 0.4) is 0 Å². The lowest BCUT2D eigenvalue weighted by atomic mass is 10.3. The first-order chi connectivity index (χ1) is 6.34. The van der Waals surface area contributed by atoms with Crippen LogP contribution in [0.1, 0.15) is 0 Å². The van der Waals surface area contributed by atoms with Crippen molar-refractivity contribution in [1.82, 2.24) is 10.6 Å². The van der Waals surface area contributed by atoms with E-state index in [0.29, 0.717) is 5.70 Å². The summed E-state index contributed by atoms with van der Waals surface area (Å²) >= 11 is 0. The van der Waals surface area contributed by atoms with E-state index in [1.807, 2.05) is 6.08 Å². The van der Waals surface area contributed by atoms with Gasteiger partial charge < -0.3 is 15.7 Å². The summed E-state index contributed by atoms with van der Waals surface area (Å²) in [5.74, 6) is -0.217. The fraction of sp³-hybridized carbons (Fsp3) is 0.222. The Morgan fingerprint density at radius 1 is 1.46 bits per heavy atom. The van der Waals surface area contributed by atoms with Gasteiger partial charge in [0.15, 0.2) is 0 Å². The third kappa shape index (κ3) is 3.13. The minimum absolute atomic E-state index is 0.0509. The van der Waals surface area contributed by atoms with Crippen molar-refractivity contribution < 1.29 is 9.90 Å². The number of carbonyl (C=O) groups is 1. The lowest BCUT2D eigenvalue weighted by Crippen LogP contribution is -2.31. The SMILES string of the molecule is O=C(NCCO)C1=CC=CC=CN1. The number of hydrogen-bond donors (Lipinski definition) is 3. The second kappa shape index (κ2) is 5.16. The number of amides is 1. The molecule has 3 N–H and O–H groups in total. The number of aliphatic hydroxyl groups excluding tert-OH is 1. The van der Waals surface area contributed by atoms with Crippen molar-refractivity contribution in [1.29, 1.82) is 0 Å². The van der Waals surface area contributed by atoms with E-state index in [2.05, 4.69) is 10.6 Å². The number of rotatable bonds is 3. The lowest BCUT2D eigenvalue weighted by Gasteiger charge is -2.05. The average molecular weight is 180 g/mol. The zero-order chi connectivity index (χ0) is 9.52. The van der Waals surface area contributed by atoms with Crippen molar-refractivity contribution in [2.24, 2.45) is 0 Å². The van der Waals surface area contributed by atoms with Crippen LogP contribution < -0.4 is 10.6 Å².